The van der Waals surface area contributed by atoms with Gasteiger partial charge in [-0.2, -0.15) is 5.10 Å². The van der Waals surface area contributed by atoms with Crippen molar-refractivity contribution in [2.45, 2.75) is 26.4 Å². The van der Waals surface area contributed by atoms with E-state index in [1.165, 1.54) is 5.56 Å². The van der Waals surface area contributed by atoms with Gasteiger partial charge in [0.1, 0.15) is 0 Å². The maximum Gasteiger partial charge on any atom is 0.0695 e. The summed E-state index contributed by atoms with van der Waals surface area (Å²) in [4.78, 5) is 0. The van der Waals surface area contributed by atoms with E-state index in [1.807, 2.05) is 18.3 Å². The second-order valence-corrected chi connectivity index (χ2v) is 5.23. The number of hydrogen-bond acceptors (Lipinski definition) is 2. The van der Waals surface area contributed by atoms with Crippen LogP contribution in [0.1, 0.15) is 19.4 Å². The molecule has 0 saturated carbocycles. The molecule has 1 aromatic carbocycles. The molecular formula is C13H16BrN3. The van der Waals surface area contributed by atoms with Gasteiger partial charge in [-0.15, -0.1) is 0 Å². The molecule has 1 aromatic heterocycles. The predicted octanol–water partition coefficient (Wildman–Crippen LogP) is 3.34. The summed E-state index contributed by atoms with van der Waals surface area (Å²) in [6, 6.07) is 8.69. The van der Waals surface area contributed by atoms with E-state index < -0.39 is 0 Å². The van der Waals surface area contributed by atoms with Crippen LogP contribution in [0.25, 0.3) is 11.3 Å². The molecule has 0 aliphatic heterocycles. The number of nitrogens with one attached hydrogen (secondary N) is 2. The van der Waals surface area contributed by atoms with Gasteiger partial charge in [-0.3, -0.25) is 5.10 Å². The summed E-state index contributed by atoms with van der Waals surface area (Å²) in [6.07, 6.45) is 1.88. The number of rotatable bonds is 4. The first-order valence-electron chi connectivity index (χ1n) is 5.68. The molecule has 0 aliphatic carbocycles. The molecule has 0 saturated heterocycles. The molecule has 0 unspecified atom stereocenters. The lowest BCUT2D eigenvalue weighted by Crippen LogP contribution is -2.21. The molecule has 0 bridgehead atoms. The Labute approximate surface area is 110 Å². The monoisotopic (exact) mass is 293 g/mol. The van der Waals surface area contributed by atoms with E-state index in [0.717, 1.165) is 22.3 Å². The number of halogens is 1. The van der Waals surface area contributed by atoms with Crippen LogP contribution in [-0.2, 0) is 6.54 Å². The van der Waals surface area contributed by atoms with Crippen molar-refractivity contribution in [1.82, 2.24) is 15.5 Å². The SMILES string of the molecule is CC(C)NCc1cn[nH]c1-c1cccc(Br)c1. The third-order valence-corrected chi connectivity index (χ3v) is 3.03. The highest BCUT2D eigenvalue weighted by molar-refractivity contribution is 9.10. The summed E-state index contributed by atoms with van der Waals surface area (Å²) >= 11 is 3.48. The smallest absolute Gasteiger partial charge is 0.0695 e. The number of hydrogen-bond donors (Lipinski definition) is 2. The van der Waals surface area contributed by atoms with E-state index in [2.05, 4.69) is 57.4 Å². The molecule has 2 N–H and O–H groups in total. The molecule has 90 valence electrons. The number of H-pyrrole nitrogens is 1. The van der Waals surface area contributed by atoms with E-state index in [-0.39, 0.29) is 0 Å². The summed E-state index contributed by atoms with van der Waals surface area (Å²) in [5, 5.41) is 10.6. The van der Waals surface area contributed by atoms with Crippen LogP contribution in [0.15, 0.2) is 34.9 Å². The average molecular weight is 294 g/mol. The highest BCUT2D eigenvalue weighted by atomic mass is 79.9. The molecule has 0 fully saturated rings. The van der Waals surface area contributed by atoms with Crippen LogP contribution in [0.3, 0.4) is 0 Å². The second kappa shape index (κ2) is 5.47. The van der Waals surface area contributed by atoms with Crippen molar-refractivity contribution in [2.24, 2.45) is 0 Å². The van der Waals surface area contributed by atoms with Gasteiger partial charge >= 0.3 is 0 Å². The minimum atomic E-state index is 0.472. The van der Waals surface area contributed by atoms with Crippen LogP contribution in [0.2, 0.25) is 0 Å². The van der Waals surface area contributed by atoms with Crippen LogP contribution in [-0.4, -0.2) is 16.2 Å². The van der Waals surface area contributed by atoms with Gasteiger partial charge in [-0.05, 0) is 12.1 Å². The van der Waals surface area contributed by atoms with Crippen LogP contribution in [0.4, 0.5) is 0 Å². The fraction of sp³-hybridized carbons (Fsp3) is 0.308. The van der Waals surface area contributed by atoms with E-state index in [4.69, 9.17) is 0 Å². The highest BCUT2D eigenvalue weighted by Gasteiger charge is 2.08. The Kier molecular flexibility index (Phi) is 3.97. The molecule has 0 aliphatic rings. The van der Waals surface area contributed by atoms with Crippen molar-refractivity contribution in [3.05, 3.63) is 40.5 Å². The van der Waals surface area contributed by atoms with Gasteiger partial charge in [0, 0.05) is 28.2 Å². The van der Waals surface area contributed by atoms with Gasteiger partial charge < -0.3 is 5.32 Å². The average Bonchev–Trinajstić information content (AvgIpc) is 2.74. The Morgan fingerprint density at radius 3 is 2.94 bits per heavy atom. The molecule has 0 atom stereocenters. The van der Waals surface area contributed by atoms with Crippen LogP contribution in [0, 0.1) is 0 Å². The first-order chi connectivity index (χ1) is 8.16. The van der Waals surface area contributed by atoms with Crippen LogP contribution in [0.5, 0.6) is 0 Å². The van der Waals surface area contributed by atoms with Crippen molar-refractivity contribution in [3.63, 3.8) is 0 Å². The predicted molar refractivity (Wildman–Crippen MR) is 73.7 cm³/mol. The standard InChI is InChI=1S/C13H16BrN3/c1-9(2)15-7-11-8-16-17-13(11)10-4-3-5-12(14)6-10/h3-6,8-9,15H,7H2,1-2H3,(H,16,17). The van der Waals surface area contributed by atoms with E-state index in [1.54, 1.807) is 0 Å². The molecular weight excluding hydrogens is 278 g/mol. The Hall–Kier alpha value is -1.13. The number of benzene rings is 1. The van der Waals surface area contributed by atoms with E-state index >= 15 is 0 Å². The topological polar surface area (TPSA) is 40.7 Å². The molecule has 1 heterocycles. The Balaban J connectivity index is 2.24. The van der Waals surface area contributed by atoms with Gasteiger partial charge in [0.2, 0.25) is 0 Å². The molecule has 4 heteroatoms. The molecule has 17 heavy (non-hydrogen) atoms. The summed E-state index contributed by atoms with van der Waals surface area (Å²) in [7, 11) is 0. The lowest BCUT2D eigenvalue weighted by atomic mass is 10.1. The summed E-state index contributed by atoms with van der Waals surface area (Å²) < 4.78 is 1.08. The summed E-state index contributed by atoms with van der Waals surface area (Å²) in [6.45, 7) is 5.10. The third-order valence-electron chi connectivity index (χ3n) is 2.53. The molecule has 2 rings (SSSR count). The minimum Gasteiger partial charge on any atom is -0.310 e. The van der Waals surface area contributed by atoms with Crippen molar-refractivity contribution < 1.29 is 0 Å². The summed E-state index contributed by atoms with van der Waals surface area (Å²) in [5.41, 5.74) is 3.42. The molecule has 0 spiro atoms. The van der Waals surface area contributed by atoms with Gasteiger partial charge in [-0.25, -0.2) is 0 Å². The largest absolute Gasteiger partial charge is 0.310 e. The molecule has 0 radical (unpaired) electrons. The lowest BCUT2D eigenvalue weighted by molar-refractivity contribution is 0.589. The quantitative estimate of drug-likeness (QED) is 0.908. The highest BCUT2D eigenvalue weighted by Crippen LogP contribution is 2.24. The van der Waals surface area contributed by atoms with Crippen molar-refractivity contribution in [2.75, 3.05) is 0 Å². The minimum absolute atomic E-state index is 0.472. The molecule has 3 nitrogen and oxygen atoms in total. The van der Waals surface area contributed by atoms with Gasteiger partial charge in [0.05, 0.1) is 11.9 Å². The molecule has 0 amide bonds. The lowest BCUT2D eigenvalue weighted by Gasteiger charge is -2.08. The Bertz CT molecular complexity index is 491. The van der Waals surface area contributed by atoms with Crippen LogP contribution < -0.4 is 5.32 Å². The zero-order valence-electron chi connectivity index (χ0n) is 10.00. The Morgan fingerprint density at radius 1 is 1.41 bits per heavy atom. The van der Waals surface area contributed by atoms with Gasteiger partial charge in [0.25, 0.3) is 0 Å². The van der Waals surface area contributed by atoms with Gasteiger partial charge in [-0.1, -0.05) is 41.9 Å². The third kappa shape index (κ3) is 3.17. The van der Waals surface area contributed by atoms with E-state index in [9.17, 15) is 0 Å². The van der Waals surface area contributed by atoms with Crippen molar-refractivity contribution in [1.29, 1.82) is 0 Å². The maximum atomic E-state index is 4.13. The normalized spacial score (nSPS) is 11.1. The fourth-order valence-corrected chi connectivity index (χ4v) is 2.05. The van der Waals surface area contributed by atoms with Crippen molar-refractivity contribution in [3.8, 4) is 11.3 Å². The zero-order valence-corrected chi connectivity index (χ0v) is 11.6. The summed E-state index contributed by atoms with van der Waals surface area (Å²) in [5.74, 6) is 0. The zero-order chi connectivity index (χ0) is 12.3. The number of nitrogens with zero attached hydrogens (tertiary/aromatic N) is 1. The first-order valence-corrected chi connectivity index (χ1v) is 6.47. The first kappa shape index (κ1) is 12.3. The fourth-order valence-electron chi connectivity index (χ4n) is 1.65. The maximum absolute atomic E-state index is 4.13. The second-order valence-electron chi connectivity index (χ2n) is 4.32. The number of aromatic nitrogens is 2. The Morgan fingerprint density at radius 2 is 2.24 bits per heavy atom. The van der Waals surface area contributed by atoms with Crippen LogP contribution >= 0.6 is 15.9 Å². The van der Waals surface area contributed by atoms with E-state index in [0.29, 0.717) is 6.04 Å². The molecule has 2 aromatic rings. The number of aromatic amines is 1. The van der Waals surface area contributed by atoms with Gasteiger partial charge in [0.15, 0.2) is 0 Å². The van der Waals surface area contributed by atoms with Crippen molar-refractivity contribution >= 4 is 15.9 Å².